The normalized spacial score (nSPS) is 21.9. The first-order chi connectivity index (χ1) is 17.9. The third kappa shape index (κ3) is 7.83. The quantitative estimate of drug-likeness (QED) is 0.284. The second-order valence-corrected chi connectivity index (χ2v) is 10.7. The zero-order valence-corrected chi connectivity index (χ0v) is 21.6. The van der Waals surface area contributed by atoms with Gasteiger partial charge in [0.05, 0.1) is 19.6 Å². The Morgan fingerprint density at radius 1 is 0.949 bits per heavy atom. The second kappa shape index (κ2) is 11.6. The van der Waals surface area contributed by atoms with Gasteiger partial charge < -0.3 is 20.3 Å². The van der Waals surface area contributed by atoms with Crippen molar-refractivity contribution in [3.8, 4) is 0 Å². The molecule has 2 fully saturated rings. The Morgan fingerprint density at radius 3 is 2.03 bits per heavy atom. The first kappa shape index (κ1) is 31.1. The molecule has 0 spiro atoms. The van der Waals surface area contributed by atoms with E-state index >= 15 is 4.39 Å². The lowest BCUT2D eigenvalue weighted by Gasteiger charge is -2.44. The summed E-state index contributed by atoms with van der Waals surface area (Å²) in [5.74, 6) is -4.58. The predicted octanol–water partition coefficient (Wildman–Crippen LogP) is 3.48. The number of hydrogen-bond acceptors (Lipinski definition) is 6. The number of carbonyl (C=O) groups is 3. The van der Waals surface area contributed by atoms with E-state index in [4.69, 9.17) is 39.5 Å². The highest BCUT2D eigenvalue weighted by Crippen LogP contribution is 2.35. The summed E-state index contributed by atoms with van der Waals surface area (Å²) in [6, 6.07) is 5.92. The van der Waals surface area contributed by atoms with Crippen molar-refractivity contribution in [2.75, 3.05) is 42.5 Å². The molecule has 2 aliphatic rings. The van der Waals surface area contributed by atoms with Gasteiger partial charge in [-0.15, -0.1) is 0 Å². The van der Waals surface area contributed by atoms with Crippen molar-refractivity contribution < 1.29 is 49.9 Å². The number of carbonyl (C=O) groups excluding carboxylic acids is 3. The lowest BCUT2D eigenvalue weighted by atomic mass is 10.2. The number of piperazine rings is 1. The molecule has 2 unspecified atom stereocenters. The van der Waals surface area contributed by atoms with Crippen LogP contribution in [0.4, 0.5) is 46.9 Å². The summed E-state index contributed by atoms with van der Waals surface area (Å²) in [6.07, 6.45) is -16.2. The number of hydrogen-bond donors (Lipinski definition) is 2. The maximum absolute atomic E-state index is 15.0. The van der Waals surface area contributed by atoms with Crippen LogP contribution in [0.5, 0.6) is 0 Å². The van der Waals surface area contributed by atoms with Gasteiger partial charge in [-0.2, -0.15) is 26.3 Å². The molecule has 2 saturated heterocycles. The molecule has 3 atom stereocenters. The molecule has 0 saturated carbocycles. The number of alkyl halides is 10. The highest BCUT2D eigenvalue weighted by atomic mass is 35.6. The van der Waals surface area contributed by atoms with Crippen LogP contribution in [0.2, 0.25) is 0 Å². The minimum atomic E-state index is -5.29. The van der Waals surface area contributed by atoms with E-state index in [0.29, 0.717) is 11.4 Å². The third-order valence-corrected chi connectivity index (χ3v) is 6.29. The van der Waals surface area contributed by atoms with Crippen molar-refractivity contribution in [2.45, 2.75) is 34.7 Å². The van der Waals surface area contributed by atoms with E-state index in [-0.39, 0.29) is 26.2 Å². The van der Waals surface area contributed by atoms with Gasteiger partial charge in [-0.05, 0) is 24.3 Å². The molecule has 0 aromatic heterocycles. The molecule has 9 nitrogen and oxygen atoms in total. The molecule has 39 heavy (non-hydrogen) atoms. The average Bonchev–Trinajstić information content (AvgIpc) is 3.19. The zero-order chi connectivity index (χ0) is 29.3. The maximum Gasteiger partial charge on any atom is 0.471 e. The number of cyclic esters (lactones) is 1. The zero-order valence-electron chi connectivity index (χ0n) is 19.3. The molecule has 0 bridgehead atoms. The van der Waals surface area contributed by atoms with Gasteiger partial charge in [-0.25, -0.2) is 14.1 Å². The Hall–Kier alpha value is -2.43. The molecule has 19 heteroatoms. The summed E-state index contributed by atoms with van der Waals surface area (Å²) in [5, 5.41) is 3.13. The Kier molecular flexibility index (Phi) is 9.24. The fourth-order valence-electron chi connectivity index (χ4n) is 3.83. The van der Waals surface area contributed by atoms with Crippen molar-refractivity contribution in [1.29, 1.82) is 0 Å². The molecule has 0 aliphatic carbocycles. The number of anilines is 2. The molecule has 2 N–H and O–H groups in total. The molecular weight excluding hydrogens is 614 g/mol. The summed E-state index contributed by atoms with van der Waals surface area (Å²) in [7, 11) is 0. The van der Waals surface area contributed by atoms with Gasteiger partial charge in [0.25, 0.3) is 0 Å². The summed E-state index contributed by atoms with van der Waals surface area (Å²) >= 11 is 17.1. The van der Waals surface area contributed by atoms with Gasteiger partial charge in [-0.1, -0.05) is 34.8 Å². The van der Waals surface area contributed by atoms with Crippen LogP contribution in [0.15, 0.2) is 24.3 Å². The van der Waals surface area contributed by atoms with Gasteiger partial charge in [0, 0.05) is 24.5 Å². The van der Waals surface area contributed by atoms with E-state index in [1.54, 1.807) is 5.32 Å². The summed E-state index contributed by atoms with van der Waals surface area (Å²) < 4.78 is 92.6. The van der Waals surface area contributed by atoms with Gasteiger partial charge in [-0.3, -0.25) is 14.5 Å². The summed E-state index contributed by atoms with van der Waals surface area (Å²) in [5.41, 5.74) is 0.752. The molecule has 2 aliphatic heterocycles. The first-order valence-corrected chi connectivity index (χ1v) is 12.0. The van der Waals surface area contributed by atoms with E-state index in [1.165, 1.54) is 34.5 Å². The monoisotopic (exact) mass is 631 g/mol. The highest BCUT2D eigenvalue weighted by molar-refractivity contribution is 6.68. The minimum Gasteiger partial charge on any atom is -0.442 e. The van der Waals surface area contributed by atoms with E-state index in [2.05, 4.69) is 0 Å². The van der Waals surface area contributed by atoms with Crippen LogP contribution in [-0.2, 0) is 14.3 Å². The van der Waals surface area contributed by atoms with Crippen LogP contribution in [0, 0.1) is 0 Å². The summed E-state index contributed by atoms with van der Waals surface area (Å²) in [6.45, 7) is -1.29. The largest absolute Gasteiger partial charge is 0.471 e. The van der Waals surface area contributed by atoms with Gasteiger partial charge in [0.15, 0.2) is 6.30 Å². The van der Waals surface area contributed by atoms with Crippen LogP contribution in [0.1, 0.15) is 0 Å². The van der Waals surface area contributed by atoms with E-state index in [0.717, 1.165) is 9.80 Å². The van der Waals surface area contributed by atoms with Crippen LogP contribution < -0.4 is 20.4 Å². The fourth-order valence-corrected chi connectivity index (χ4v) is 4.37. The van der Waals surface area contributed by atoms with Crippen LogP contribution in [0.25, 0.3) is 0 Å². The minimum absolute atomic E-state index is 0.0473. The Labute approximate surface area is 231 Å². The Bertz CT molecular complexity index is 1070. The average molecular weight is 633 g/mol. The Morgan fingerprint density at radius 2 is 1.51 bits per heavy atom. The molecular formula is C20H19Cl3F7N5O4. The molecule has 1 aromatic rings. The lowest BCUT2D eigenvalue weighted by Crippen LogP contribution is -2.64. The number of rotatable bonds is 6. The van der Waals surface area contributed by atoms with E-state index < -0.39 is 59.2 Å². The van der Waals surface area contributed by atoms with E-state index in [9.17, 15) is 40.7 Å². The standard InChI is InChI=1S/C20H19Cl3F7N5O4/c21-18(22,23)14(32-16(37)20(28,29)30)34-6-5-33(9-13(34)24)10-1-3-11(4-2-10)35-8-12(39-17(35)38)7-31-15(36)19(25,26)27/h1-4,12-14H,5-9H2,(H,31,36)(H,32,37)/t12?,13-,14?/m1/s1. The molecule has 3 amide bonds. The molecule has 3 rings (SSSR count). The number of benzene rings is 1. The van der Waals surface area contributed by atoms with E-state index in [1.807, 2.05) is 0 Å². The van der Waals surface area contributed by atoms with Gasteiger partial charge in [0.1, 0.15) is 12.3 Å². The first-order valence-electron chi connectivity index (χ1n) is 10.9. The lowest BCUT2D eigenvalue weighted by molar-refractivity contribution is -0.176. The van der Waals surface area contributed by atoms with Crippen LogP contribution in [0.3, 0.4) is 0 Å². The van der Waals surface area contributed by atoms with Crippen LogP contribution >= 0.6 is 34.8 Å². The third-order valence-electron chi connectivity index (χ3n) is 5.67. The smallest absolute Gasteiger partial charge is 0.442 e. The van der Waals surface area contributed by atoms with Crippen LogP contribution in [-0.4, -0.2) is 90.2 Å². The summed E-state index contributed by atoms with van der Waals surface area (Å²) in [4.78, 5) is 37.9. The van der Waals surface area contributed by atoms with Gasteiger partial charge in [0.2, 0.25) is 3.79 Å². The molecule has 218 valence electrons. The number of nitrogens with zero attached hydrogens (tertiary/aromatic N) is 3. The Balaban J connectivity index is 1.61. The SMILES string of the molecule is O=C1OC(CNC(=O)C(F)(F)F)CN1c1ccc(N2CCN(C(NC(=O)C(F)(F)F)C(Cl)(Cl)Cl)[C@@H](F)C2)cc1. The van der Waals surface area contributed by atoms with Gasteiger partial charge >= 0.3 is 30.3 Å². The molecule has 2 heterocycles. The van der Waals surface area contributed by atoms with Crippen molar-refractivity contribution in [2.24, 2.45) is 0 Å². The van der Waals surface area contributed by atoms with Crippen molar-refractivity contribution >= 4 is 64.1 Å². The second-order valence-electron chi connectivity index (χ2n) is 8.37. The number of halogens is 10. The molecule has 1 aromatic carbocycles. The number of amides is 3. The topological polar surface area (TPSA) is 94.2 Å². The number of ether oxygens (including phenoxy) is 1. The van der Waals surface area contributed by atoms with Crippen molar-refractivity contribution in [3.63, 3.8) is 0 Å². The van der Waals surface area contributed by atoms with Crippen molar-refractivity contribution in [1.82, 2.24) is 15.5 Å². The molecule has 0 radical (unpaired) electrons. The van der Waals surface area contributed by atoms with Crippen molar-refractivity contribution in [3.05, 3.63) is 24.3 Å². The number of nitrogens with one attached hydrogen (secondary N) is 2. The fraction of sp³-hybridized carbons (Fsp3) is 0.550. The predicted molar refractivity (Wildman–Crippen MR) is 125 cm³/mol. The highest BCUT2D eigenvalue weighted by Gasteiger charge is 2.48. The maximum atomic E-state index is 15.0.